The quantitative estimate of drug-likeness (QED) is 0.856. The molecule has 0 saturated heterocycles. The lowest BCUT2D eigenvalue weighted by Crippen LogP contribution is -2.19. The van der Waals surface area contributed by atoms with Crippen molar-refractivity contribution in [2.75, 3.05) is 18.5 Å². The Morgan fingerprint density at radius 3 is 2.62 bits per heavy atom. The minimum atomic E-state index is -4.56. The average molecular weight is 298 g/mol. The molecule has 90 valence electrons. The molecule has 0 fully saturated rings. The van der Waals surface area contributed by atoms with E-state index in [9.17, 15) is 13.2 Å². The summed E-state index contributed by atoms with van der Waals surface area (Å²) in [6.45, 7) is 1.58. The van der Waals surface area contributed by atoms with Crippen LogP contribution in [0.2, 0.25) is 0 Å². The Labute approximate surface area is 99.9 Å². The van der Waals surface area contributed by atoms with E-state index >= 15 is 0 Å². The van der Waals surface area contributed by atoms with Crippen LogP contribution in [0.1, 0.15) is 5.56 Å². The highest BCUT2D eigenvalue weighted by Gasteiger charge is 2.28. The second-order valence-corrected chi connectivity index (χ2v) is 4.10. The van der Waals surface area contributed by atoms with E-state index in [1.807, 2.05) is 19.1 Å². The van der Waals surface area contributed by atoms with Gasteiger partial charge in [0.15, 0.2) is 0 Å². The molecule has 0 spiro atoms. The highest BCUT2D eigenvalue weighted by atomic mass is 79.9. The molecule has 1 aromatic carbocycles. The van der Waals surface area contributed by atoms with Crippen LogP contribution in [0.3, 0.4) is 0 Å². The van der Waals surface area contributed by atoms with Crippen molar-refractivity contribution in [3.05, 3.63) is 28.2 Å². The molecule has 0 unspecified atom stereocenters. The molecule has 0 bridgehead atoms. The standard InChI is InChI=1S/C10H11BrF3NO/c1-7-6-8(11)2-3-9(7)15-4-5-16-10(12,13)14/h2-3,6,15H,4-5H2,1H3. The summed E-state index contributed by atoms with van der Waals surface area (Å²) >= 11 is 3.30. The summed E-state index contributed by atoms with van der Waals surface area (Å²) in [5.74, 6) is 0. The van der Waals surface area contributed by atoms with E-state index in [4.69, 9.17) is 0 Å². The van der Waals surface area contributed by atoms with Crippen LogP contribution in [0.5, 0.6) is 0 Å². The largest absolute Gasteiger partial charge is 0.522 e. The molecule has 16 heavy (non-hydrogen) atoms. The van der Waals surface area contributed by atoms with Gasteiger partial charge in [0.25, 0.3) is 0 Å². The van der Waals surface area contributed by atoms with Gasteiger partial charge in [-0.3, -0.25) is 4.74 Å². The lowest BCUT2D eigenvalue weighted by atomic mass is 10.2. The Morgan fingerprint density at radius 1 is 1.38 bits per heavy atom. The van der Waals surface area contributed by atoms with Crippen LogP contribution in [0.4, 0.5) is 18.9 Å². The molecule has 0 aliphatic carbocycles. The number of halogens is 4. The van der Waals surface area contributed by atoms with Gasteiger partial charge in [0.1, 0.15) is 0 Å². The Kier molecular flexibility index (Phi) is 4.61. The van der Waals surface area contributed by atoms with E-state index in [0.717, 1.165) is 15.7 Å². The van der Waals surface area contributed by atoms with Crippen LogP contribution in [-0.4, -0.2) is 19.5 Å². The molecule has 1 rings (SSSR count). The van der Waals surface area contributed by atoms with Crippen molar-refractivity contribution < 1.29 is 17.9 Å². The molecule has 0 heterocycles. The van der Waals surface area contributed by atoms with Crippen LogP contribution in [0.15, 0.2) is 22.7 Å². The van der Waals surface area contributed by atoms with Crippen molar-refractivity contribution in [3.63, 3.8) is 0 Å². The van der Waals surface area contributed by atoms with Gasteiger partial charge in [-0.25, -0.2) is 0 Å². The van der Waals surface area contributed by atoms with E-state index in [2.05, 4.69) is 26.0 Å². The second kappa shape index (κ2) is 5.54. The van der Waals surface area contributed by atoms with Gasteiger partial charge in [-0.05, 0) is 30.7 Å². The van der Waals surface area contributed by atoms with E-state index in [-0.39, 0.29) is 6.54 Å². The summed E-state index contributed by atoms with van der Waals surface area (Å²) in [5.41, 5.74) is 1.76. The third kappa shape index (κ3) is 4.85. The first-order valence-electron chi connectivity index (χ1n) is 4.59. The zero-order chi connectivity index (χ0) is 12.2. The summed E-state index contributed by atoms with van der Waals surface area (Å²) in [6.07, 6.45) is -4.56. The summed E-state index contributed by atoms with van der Waals surface area (Å²) in [7, 11) is 0. The third-order valence-corrected chi connectivity index (χ3v) is 2.36. The number of alkyl halides is 3. The average Bonchev–Trinajstić information content (AvgIpc) is 2.13. The van der Waals surface area contributed by atoms with Crippen molar-refractivity contribution in [2.24, 2.45) is 0 Å². The second-order valence-electron chi connectivity index (χ2n) is 3.18. The maximum absolute atomic E-state index is 11.7. The molecule has 0 aliphatic heterocycles. The Balaban J connectivity index is 2.38. The van der Waals surface area contributed by atoms with Gasteiger partial charge < -0.3 is 5.32 Å². The topological polar surface area (TPSA) is 21.3 Å². The predicted molar refractivity (Wildman–Crippen MR) is 59.4 cm³/mol. The monoisotopic (exact) mass is 297 g/mol. The van der Waals surface area contributed by atoms with E-state index < -0.39 is 13.0 Å². The van der Waals surface area contributed by atoms with E-state index in [1.165, 1.54) is 0 Å². The zero-order valence-corrected chi connectivity index (χ0v) is 10.2. The predicted octanol–water partition coefficient (Wildman–Crippen LogP) is 3.71. The number of hydrogen-bond donors (Lipinski definition) is 1. The van der Waals surface area contributed by atoms with E-state index in [0.29, 0.717) is 0 Å². The van der Waals surface area contributed by atoms with Crippen LogP contribution in [-0.2, 0) is 4.74 Å². The highest BCUT2D eigenvalue weighted by Crippen LogP contribution is 2.20. The molecule has 1 aromatic rings. The Hall–Kier alpha value is -0.750. The lowest BCUT2D eigenvalue weighted by molar-refractivity contribution is -0.322. The number of aryl methyl sites for hydroxylation is 1. The number of hydrogen-bond acceptors (Lipinski definition) is 2. The number of benzene rings is 1. The third-order valence-electron chi connectivity index (χ3n) is 1.87. The maximum Gasteiger partial charge on any atom is 0.522 e. The smallest absolute Gasteiger partial charge is 0.383 e. The zero-order valence-electron chi connectivity index (χ0n) is 8.57. The summed E-state index contributed by atoms with van der Waals surface area (Å²) < 4.78 is 39.5. The van der Waals surface area contributed by atoms with Crippen molar-refractivity contribution in [2.45, 2.75) is 13.3 Å². The summed E-state index contributed by atoms with van der Waals surface area (Å²) in [5, 5.41) is 2.87. The van der Waals surface area contributed by atoms with Gasteiger partial charge in [-0.2, -0.15) is 0 Å². The van der Waals surface area contributed by atoms with Crippen molar-refractivity contribution in [1.82, 2.24) is 0 Å². The number of nitrogens with one attached hydrogen (secondary N) is 1. The van der Waals surface area contributed by atoms with Gasteiger partial charge in [0.05, 0.1) is 6.61 Å². The van der Waals surface area contributed by atoms with Gasteiger partial charge in [-0.1, -0.05) is 15.9 Å². The molecule has 0 atom stereocenters. The minimum Gasteiger partial charge on any atom is -0.383 e. The molecule has 6 heteroatoms. The minimum absolute atomic E-state index is 0.113. The highest BCUT2D eigenvalue weighted by molar-refractivity contribution is 9.10. The molecule has 0 amide bonds. The fourth-order valence-corrected chi connectivity index (χ4v) is 1.65. The van der Waals surface area contributed by atoms with E-state index in [1.54, 1.807) is 6.07 Å². The van der Waals surface area contributed by atoms with Crippen LogP contribution in [0, 0.1) is 6.92 Å². The molecule has 2 nitrogen and oxygen atoms in total. The van der Waals surface area contributed by atoms with Gasteiger partial charge in [-0.15, -0.1) is 13.2 Å². The maximum atomic E-state index is 11.7. The first-order chi connectivity index (χ1) is 7.38. The van der Waals surface area contributed by atoms with Gasteiger partial charge in [0.2, 0.25) is 0 Å². The molecule has 1 N–H and O–H groups in total. The van der Waals surface area contributed by atoms with Crippen molar-refractivity contribution >= 4 is 21.6 Å². The molecule has 0 radical (unpaired) electrons. The van der Waals surface area contributed by atoms with Gasteiger partial charge >= 0.3 is 6.36 Å². The number of ether oxygens (including phenoxy) is 1. The van der Waals surface area contributed by atoms with Crippen molar-refractivity contribution in [1.29, 1.82) is 0 Å². The fourth-order valence-electron chi connectivity index (χ4n) is 1.18. The molecule has 0 saturated carbocycles. The normalized spacial score (nSPS) is 11.6. The first kappa shape index (κ1) is 13.3. The number of anilines is 1. The molecule has 0 aromatic heterocycles. The SMILES string of the molecule is Cc1cc(Br)ccc1NCCOC(F)(F)F. The van der Waals surface area contributed by atoms with Crippen molar-refractivity contribution in [3.8, 4) is 0 Å². The molecular weight excluding hydrogens is 287 g/mol. The Morgan fingerprint density at radius 2 is 2.06 bits per heavy atom. The van der Waals surface area contributed by atoms with Crippen LogP contribution >= 0.6 is 15.9 Å². The summed E-state index contributed by atoms with van der Waals surface area (Å²) in [4.78, 5) is 0. The molecular formula is C10H11BrF3NO. The Bertz CT molecular complexity index is 354. The van der Waals surface area contributed by atoms with Crippen LogP contribution in [0.25, 0.3) is 0 Å². The first-order valence-corrected chi connectivity index (χ1v) is 5.38. The lowest BCUT2D eigenvalue weighted by Gasteiger charge is -2.11. The molecule has 0 aliphatic rings. The van der Waals surface area contributed by atoms with Crippen LogP contribution < -0.4 is 5.32 Å². The summed E-state index contributed by atoms with van der Waals surface area (Å²) in [6, 6.07) is 5.50. The van der Waals surface area contributed by atoms with Gasteiger partial charge in [0, 0.05) is 16.7 Å². The fraction of sp³-hybridized carbons (Fsp3) is 0.400. The number of rotatable bonds is 4.